The minimum absolute atomic E-state index is 0.809. The van der Waals surface area contributed by atoms with Gasteiger partial charge in [0.05, 0.1) is 0 Å². The lowest BCUT2D eigenvalue weighted by molar-refractivity contribution is -0.0340. The van der Waals surface area contributed by atoms with Crippen LogP contribution in [0.5, 0.6) is 0 Å². The van der Waals surface area contributed by atoms with Crippen molar-refractivity contribution in [3.63, 3.8) is 0 Å². The molecule has 2 aliphatic rings. The molecule has 0 amide bonds. The van der Waals surface area contributed by atoms with Crippen molar-refractivity contribution in [1.82, 2.24) is 0 Å². The van der Waals surface area contributed by atoms with Crippen molar-refractivity contribution in [3.05, 3.63) is 0 Å². The second-order valence-electron chi connectivity index (χ2n) is 11.6. The van der Waals surface area contributed by atoms with E-state index in [1.165, 1.54) is 19.3 Å². The fraction of sp³-hybridized carbons (Fsp3) is 1.00. The molecule has 0 aromatic carbocycles. The Kier molecular flexibility index (Phi) is 7.94. The standard InChI is InChI=1S/C27H52/c1-12-16(5)23(13-2)24-14-17(6)25(24)21(10)27-22(11)26(27)20(9)19(8)18(7)15(3)4/h15-27H,12-14H2,1-11H3. The van der Waals surface area contributed by atoms with Gasteiger partial charge in [0.15, 0.2) is 0 Å². The van der Waals surface area contributed by atoms with Gasteiger partial charge in [-0.2, -0.15) is 0 Å². The Morgan fingerprint density at radius 2 is 1.33 bits per heavy atom. The summed E-state index contributed by atoms with van der Waals surface area (Å²) in [4.78, 5) is 0. The van der Waals surface area contributed by atoms with Gasteiger partial charge in [-0.1, -0.05) is 89.0 Å². The second-order valence-corrected chi connectivity index (χ2v) is 11.6. The first-order valence-corrected chi connectivity index (χ1v) is 12.6. The highest BCUT2D eigenvalue weighted by Crippen LogP contribution is 2.63. The summed E-state index contributed by atoms with van der Waals surface area (Å²) in [5.41, 5.74) is 0. The van der Waals surface area contributed by atoms with Crippen LogP contribution in [-0.2, 0) is 0 Å². The molecule has 0 aromatic rings. The van der Waals surface area contributed by atoms with E-state index in [1.54, 1.807) is 0 Å². The van der Waals surface area contributed by atoms with Crippen molar-refractivity contribution in [2.24, 2.45) is 76.9 Å². The van der Waals surface area contributed by atoms with E-state index < -0.39 is 0 Å². The quantitative estimate of drug-likeness (QED) is 0.359. The summed E-state index contributed by atoms with van der Waals surface area (Å²) in [6, 6.07) is 0. The maximum atomic E-state index is 2.64. The molecular formula is C27H52. The van der Waals surface area contributed by atoms with Crippen LogP contribution in [-0.4, -0.2) is 0 Å². The first-order valence-electron chi connectivity index (χ1n) is 12.6. The Balaban J connectivity index is 2.05. The molecule has 2 aliphatic carbocycles. The van der Waals surface area contributed by atoms with Crippen LogP contribution in [0.1, 0.15) is 95.4 Å². The topological polar surface area (TPSA) is 0 Å². The zero-order chi connectivity index (χ0) is 20.6. The average molecular weight is 377 g/mol. The Bertz CT molecular complexity index is 451. The lowest BCUT2D eigenvalue weighted by Gasteiger charge is -2.52. The maximum absolute atomic E-state index is 2.64. The molecule has 12 unspecified atom stereocenters. The minimum atomic E-state index is 0.809. The van der Waals surface area contributed by atoms with Gasteiger partial charge in [0.25, 0.3) is 0 Å². The molecule has 0 spiro atoms. The van der Waals surface area contributed by atoms with E-state index in [-0.39, 0.29) is 0 Å². The Morgan fingerprint density at radius 1 is 0.741 bits per heavy atom. The molecule has 0 saturated heterocycles. The van der Waals surface area contributed by atoms with Gasteiger partial charge in [-0.05, 0) is 83.4 Å². The van der Waals surface area contributed by atoms with E-state index >= 15 is 0 Å². The zero-order valence-corrected chi connectivity index (χ0v) is 20.6. The molecule has 0 nitrogen and oxygen atoms in total. The van der Waals surface area contributed by atoms with Crippen molar-refractivity contribution >= 4 is 0 Å². The molecule has 160 valence electrons. The van der Waals surface area contributed by atoms with Gasteiger partial charge in [-0.3, -0.25) is 0 Å². The Labute approximate surface area is 172 Å². The van der Waals surface area contributed by atoms with Crippen molar-refractivity contribution in [2.75, 3.05) is 0 Å². The zero-order valence-electron chi connectivity index (χ0n) is 20.6. The minimum Gasteiger partial charge on any atom is -0.0651 e. The molecule has 0 radical (unpaired) electrons. The third-order valence-electron chi connectivity index (χ3n) is 10.2. The maximum Gasteiger partial charge on any atom is -0.0323 e. The molecule has 12 atom stereocenters. The molecule has 27 heavy (non-hydrogen) atoms. The highest BCUT2D eigenvalue weighted by atomic mass is 14.6. The molecule has 0 aliphatic heterocycles. The Morgan fingerprint density at radius 3 is 1.78 bits per heavy atom. The molecule has 0 heterocycles. The highest BCUT2D eigenvalue weighted by molar-refractivity contribution is 5.05. The van der Waals surface area contributed by atoms with Crippen molar-refractivity contribution < 1.29 is 0 Å². The van der Waals surface area contributed by atoms with Gasteiger partial charge < -0.3 is 0 Å². The molecule has 0 aromatic heterocycles. The largest absolute Gasteiger partial charge is 0.0651 e. The van der Waals surface area contributed by atoms with Crippen molar-refractivity contribution in [2.45, 2.75) is 95.4 Å². The van der Waals surface area contributed by atoms with E-state index in [4.69, 9.17) is 0 Å². The van der Waals surface area contributed by atoms with Crippen LogP contribution in [0.2, 0.25) is 0 Å². The van der Waals surface area contributed by atoms with Crippen LogP contribution in [0.15, 0.2) is 0 Å². The lowest BCUT2D eigenvalue weighted by atomic mass is 9.53. The van der Waals surface area contributed by atoms with E-state index in [0.29, 0.717) is 0 Å². The van der Waals surface area contributed by atoms with Crippen molar-refractivity contribution in [1.29, 1.82) is 0 Å². The fourth-order valence-corrected chi connectivity index (χ4v) is 7.65. The monoisotopic (exact) mass is 376 g/mol. The summed E-state index contributed by atoms with van der Waals surface area (Å²) in [5.74, 6) is 12.1. The fourth-order valence-electron chi connectivity index (χ4n) is 7.65. The first-order chi connectivity index (χ1) is 12.6. The van der Waals surface area contributed by atoms with E-state index in [1.807, 2.05) is 0 Å². The van der Waals surface area contributed by atoms with Gasteiger partial charge in [0, 0.05) is 0 Å². The van der Waals surface area contributed by atoms with Crippen molar-refractivity contribution in [3.8, 4) is 0 Å². The summed E-state index contributed by atoms with van der Waals surface area (Å²) in [6.45, 7) is 27.5. The lowest BCUT2D eigenvalue weighted by Crippen LogP contribution is -2.45. The number of hydrogen-bond donors (Lipinski definition) is 0. The summed E-state index contributed by atoms with van der Waals surface area (Å²) in [7, 11) is 0. The highest BCUT2D eigenvalue weighted by Gasteiger charge is 2.58. The van der Waals surface area contributed by atoms with E-state index in [2.05, 4.69) is 76.2 Å². The van der Waals surface area contributed by atoms with Crippen LogP contribution in [0, 0.1) is 76.9 Å². The van der Waals surface area contributed by atoms with Gasteiger partial charge in [0.2, 0.25) is 0 Å². The normalized spacial score (nSPS) is 40.0. The molecule has 2 fully saturated rings. The first kappa shape index (κ1) is 23.3. The third kappa shape index (κ3) is 4.45. The van der Waals surface area contributed by atoms with Crippen LogP contribution < -0.4 is 0 Å². The molecular weight excluding hydrogens is 324 g/mol. The van der Waals surface area contributed by atoms with Gasteiger partial charge in [0.1, 0.15) is 0 Å². The molecule has 0 heteroatoms. The van der Waals surface area contributed by atoms with Crippen LogP contribution in [0.4, 0.5) is 0 Å². The number of hydrogen-bond acceptors (Lipinski definition) is 0. The molecule has 0 bridgehead atoms. The van der Waals surface area contributed by atoms with Gasteiger partial charge in [-0.25, -0.2) is 0 Å². The van der Waals surface area contributed by atoms with Crippen LogP contribution >= 0.6 is 0 Å². The summed E-state index contributed by atoms with van der Waals surface area (Å²) >= 11 is 0. The van der Waals surface area contributed by atoms with Crippen LogP contribution in [0.3, 0.4) is 0 Å². The molecule has 0 N–H and O–H groups in total. The predicted octanol–water partition coefficient (Wildman–Crippen LogP) is 8.41. The Hall–Kier alpha value is 0. The third-order valence-corrected chi connectivity index (χ3v) is 10.2. The summed E-state index contributed by atoms with van der Waals surface area (Å²) in [5, 5.41) is 0. The molecule has 2 saturated carbocycles. The summed E-state index contributed by atoms with van der Waals surface area (Å²) < 4.78 is 0. The summed E-state index contributed by atoms with van der Waals surface area (Å²) in [6.07, 6.45) is 4.24. The second kappa shape index (κ2) is 9.21. The van der Waals surface area contributed by atoms with E-state index in [9.17, 15) is 0 Å². The smallest absolute Gasteiger partial charge is 0.0323 e. The predicted molar refractivity (Wildman–Crippen MR) is 122 cm³/mol. The van der Waals surface area contributed by atoms with E-state index in [0.717, 1.165) is 76.9 Å². The average Bonchev–Trinajstić information content (AvgIpc) is 3.29. The van der Waals surface area contributed by atoms with Gasteiger partial charge >= 0.3 is 0 Å². The van der Waals surface area contributed by atoms with Crippen LogP contribution in [0.25, 0.3) is 0 Å². The number of rotatable bonds is 10. The van der Waals surface area contributed by atoms with Gasteiger partial charge in [-0.15, -0.1) is 0 Å². The SMILES string of the molecule is CCC(C)C(CC)C1CC(C)C1C(C)C1C(C)C1C(C)C(C)C(C)C(C)C. The molecule has 2 rings (SSSR count).